The summed E-state index contributed by atoms with van der Waals surface area (Å²) < 4.78 is 20.5. The van der Waals surface area contributed by atoms with E-state index in [9.17, 15) is 14.0 Å². The van der Waals surface area contributed by atoms with E-state index < -0.39 is 11.6 Å². The predicted molar refractivity (Wildman–Crippen MR) is 143 cm³/mol. The fraction of sp³-hybridized carbons (Fsp3) is 0.310. The summed E-state index contributed by atoms with van der Waals surface area (Å²) in [5, 5.41) is 11.4. The number of carbonyl (C=O) groups is 2. The van der Waals surface area contributed by atoms with Gasteiger partial charge in [-0.2, -0.15) is 0 Å². The Labute approximate surface area is 221 Å². The lowest BCUT2D eigenvalue weighted by atomic mass is 9.98. The van der Waals surface area contributed by atoms with E-state index in [2.05, 4.69) is 15.6 Å². The van der Waals surface area contributed by atoms with Crippen molar-refractivity contribution >= 4 is 22.8 Å². The molecule has 1 atom stereocenters. The Morgan fingerprint density at radius 2 is 1.74 bits per heavy atom. The number of rotatable bonds is 10. The summed E-state index contributed by atoms with van der Waals surface area (Å²) in [5.41, 5.74) is 2.19. The smallest absolute Gasteiger partial charge is 0.247 e. The number of hydrogen-bond acceptors (Lipinski definition) is 5. The van der Waals surface area contributed by atoms with Crippen molar-refractivity contribution in [2.24, 2.45) is 0 Å². The van der Waals surface area contributed by atoms with Crippen molar-refractivity contribution in [2.45, 2.75) is 51.9 Å². The van der Waals surface area contributed by atoms with Crippen molar-refractivity contribution in [1.29, 1.82) is 0 Å². The normalized spacial score (nSPS) is 12.2. The van der Waals surface area contributed by atoms with E-state index in [1.807, 2.05) is 45.0 Å². The number of hydrogen-bond donors (Lipinski definition) is 1. The summed E-state index contributed by atoms with van der Waals surface area (Å²) in [4.78, 5) is 29.3. The van der Waals surface area contributed by atoms with E-state index in [4.69, 9.17) is 4.74 Å². The molecule has 0 bridgehead atoms. The molecule has 0 spiro atoms. The van der Waals surface area contributed by atoms with Crippen molar-refractivity contribution in [3.63, 3.8) is 0 Å². The summed E-state index contributed by atoms with van der Waals surface area (Å²) in [6.45, 7) is 5.81. The minimum atomic E-state index is -0.959. The summed E-state index contributed by atoms with van der Waals surface area (Å²) in [5.74, 6) is -0.404. The molecule has 3 aromatic carbocycles. The summed E-state index contributed by atoms with van der Waals surface area (Å²) in [6.07, 6.45) is 0.699. The lowest BCUT2D eigenvalue weighted by Crippen LogP contribution is -2.50. The van der Waals surface area contributed by atoms with Crippen molar-refractivity contribution < 1.29 is 18.7 Å². The first kappa shape index (κ1) is 26.8. The topological polar surface area (TPSA) is 89.4 Å². The number of benzene rings is 3. The van der Waals surface area contributed by atoms with Crippen LogP contribution in [0.1, 0.15) is 44.4 Å². The zero-order valence-electron chi connectivity index (χ0n) is 22.0. The van der Waals surface area contributed by atoms with Gasteiger partial charge >= 0.3 is 0 Å². The highest BCUT2D eigenvalue weighted by atomic mass is 19.1. The van der Waals surface area contributed by atoms with Gasteiger partial charge in [-0.05, 0) is 67.8 Å². The van der Waals surface area contributed by atoms with Crippen LogP contribution in [0.25, 0.3) is 11.0 Å². The Bertz CT molecular complexity index is 1400. The van der Waals surface area contributed by atoms with E-state index in [1.54, 1.807) is 43.5 Å². The molecule has 0 radical (unpaired) electrons. The molecule has 198 valence electrons. The average molecular weight is 518 g/mol. The van der Waals surface area contributed by atoms with E-state index >= 15 is 0 Å². The molecule has 0 aliphatic heterocycles. The zero-order valence-corrected chi connectivity index (χ0v) is 22.0. The number of ether oxygens (including phenoxy) is 1. The quantitative estimate of drug-likeness (QED) is 0.331. The second-order valence-corrected chi connectivity index (χ2v) is 9.79. The van der Waals surface area contributed by atoms with Crippen LogP contribution in [0.5, 0.6) is 5.75 Å². The van der Waals surface area contributed by atoms with Gasteiger partial charge in [-0.1, -0.05) is 48.5 Å². The fourth-order valence-corrected chi connectivity index (χ4v) is 4.11. The molecule has 9 heteroatoms. The number of aromatic nitrogens is 3. The predicted octanol–water partition coefficient (Wildman–Crippen LogP) is 4.65. The van der Waals surface area contributed by atoms with Gasteiger partial charge in [0.15, 0.2) is 0 Å². The maximum Gasteiger partial charge on any atom is 0.247 e. The highest BCUT2D eigenvalue weighted by Gasteiger charge is 2.34. The molecular weight excluding hydrogens is 485 g/mol. The Kier molecular flexibility index (Phi) is 8.05. The molecule has 0 aliphatic rings. The molecule has 2 amide bonds. The molecule has 1 aromatic heterocycles. The Morgan fingerprint density at radius 3 is 2.39 bits per heavy atom. The van der Waals surface area contributed by atoms with Gasteiger partial charge in [0.1, 0.15) is 29.7 Å². The number of amides is 2. The van der Waals surface area contributed by atoms with Crippen molar-refractivity contribution in [3.8, 4) is 5.75 Å². The van der Waals surface area contributed by atoms with Gasteiger partial charge < -0.3 is 15.0 Å². The largest absolute Gasteiger partial charge is 0.497 e. The van der Waals surface area contributed by atoms with Crippen LogP contribution in [0.4, 0.5) is 4.39 Å². The first-order valence-corrected chi connectivity index (χ1v) is 12.5. The van der Waals surface area contributed by atoms with Crippen LogP contribution in [0.3, 0.4) is 0 Å². The molecule has 0 unspecified atom stereocenters. The lowest BCUT2D eigenvalue weighted by Gasteiger charge is -2.34. The van der Waals surface area contributed by atoms with Gasteiger partial charge in [-0.3, -0.25) is 9.59 Å². The Hall–Kier alpha value is -4.27. The molecule has 1 heterocycles. The van der Waals surface area contributed by atoms with Crippen molar-refractivity contribution in [2.75, 3.05) is 7.11 Å². The van der Waals surface area contributed by atoms with Gasteiger partial charge in [0.05, 0.1) is 12.6 Å². The molecule has 0 fully saturated rings. The maximum absolute atomic E-state index is 14.0. The first-order chi connectivity index (χ1) is 18.2. The third-order valence-electron chi connectivity index (χ3n) is 6.63. The second-order valence-electron chi connectivity index (χ2n) is 9.79. The highest BCUT2D eigenvalue weighted by molar-refractivity contribution is 5.89. The minimum Gasteiger partial charge on any atom is -0.497 e. The molecule has 1 N–H and O–H groups in total. The maximum atomic E-state index is 14.0. The van der Waals surface area contributed by atoms with Crippen molar-refractivity contribution in [1.82, 2.24) is 25.2 Å². The molecular formula is C29H32FN5O3. The average Bonchev–Trinajstić information content (AvgIpc) is 3.32. The van der Waals surface area contributed by atoms with Crippen LogP contribution in [-0.4, -0.2) is 44.4 Å². The SMILES string of the molecule is CCC(C)(C)NC(=O)[C@@H](c1ccc(OC)cc1)N(Cc1ccc(F)cc1)C(=O)Cn1nnc2ccccc21. The highest BCUT2D eigenvalue weighted by Crippen LogP contribution is 2.28. The molecule has 4 rings (SSSR count). The molecule has 4 aromatic rings. The summed E-state index contributed by atoms with van der Waals surface area (Å²) in [6, 6.07) is 19.4. The second kappa shape index (κ2) is 11.4. The lowest BCUT2D eigenvalue weighted by molar-refractivity contribution is -0.143. The van der Waals surface area contributed by atoms with Crippen LogP contribution >= 0.6 is 0 Å². The van der Waals surface area contributed by atoms with Gasteiger partial charge in [0.25, 0.3) is 0 Å². The summed E-state index contributed by atoms with van der Waals surface area (Å²) >= 11 is 0. The van der Waals surface area contributed by atoms with Crippen LogP contribution in [0, 0.1) is 5.82 Å². The van der Waals surface area contributed by atoms with Gasteiger partial charge in [-0.15, -0.1) is 5.10 Å². The van der Waals surface area contributed by atoms with Crippen LogP contribution < -0.4 is 10.1 Å². The molecule has 0 saturated heterocycles. The minimum absolute atomic E-state index is 0.0857. The van der Waals surface area contributed by atoms with E-state index in [0.717, 1.165) is 0 Å². The number of para-hydroxylation sites is 1. The monoisotopic (exact) mass is 517 g/mol. The number of methoxy groups -OCH3 is 1. The number of halogens is 1. The number of nitrogens with zero attached hydrogens (tertiary/aromatic N) is 4. The van der Waals surface area contributed by atoms with Gasteiger partial charge in [0, 0.05) is 12.1 Å². The Balaban J connectivity index is 1.77. The van der Waals surface area contributed by atoms with Crippen LogP contribution in [0.2, 0.25) is 0 Å². The summed E-state index contributed by atoms with van der Waals surface area (Å²) in [7, 11) is 1.57. The number of fused-ring (bicyclic) bond motifs is 1. The zero-order chi connectivity index (χ0) is 27.3. The molecule has 8 nitrogen and oxygen atoms in total. The van der Waals surface area contributed by atoms with E-state index in [-0.39, 0.29) is 30.7 Å². The van der Waals surface area contributed by atoms with E-state index in [0.29, 0.717) is 34.3 Å². The van der Waals surface area contributed by atoms with E-state index in [1.165, 1.54) is 21.7 Å². The molecule has 0 aliphatic carbocycles. The standard InChI is InChI=1S/C29H32FN5O3/c1-5-29(2,3)31-28(37)27(21-12-16-23(38-4)17-13-21)34(18-20-10-14-22(30)15-11-20)26(36)19-35-25-9-7-6-8-24(25)32-33-35/h6-17,27H,5,18-19H2,1-4H3,(H,31,37)/t27-/m1/s1. The number of nitrogens with one attached hydrogen (secondary N) is 1. The van der Waals surface area contributed by atoms with Crippen molar-refractivity contribution in [3.05, 3.63) is 89.7 Å². The third-order valence-corrected chi connectivity index (χ3v) is 6.63. The van der Waals surface area contributed by atoms with Gasteiger partial charge in [-0.25, -0.2) is 9.07 Å². The van der Waals surface area contributed by atoms with Crippen LogP contribution in [-0.2, 0) is 22.7 Å². The first-order valence-electron chi connectivity index (χ1n) is 12.5. The third kappa shape index (κ3) is 6.16. The van der Waals surface area contributed by atoms with Crippen LogP contribution in [0.15, 0.2) is 72.8 Å². The fourth-order valence-electron chi connectivity index (χ4n) is 4.11. The van der Waals surface area contributed by atoms with Gasteiger partial charge in [0.2, 0.25) is 11.8 Å². The molecule has 0 saturated carbocycles. The Morgan fingerprint density at radius 1 is 1.05 bits per heavy atom. The molecule has 38 heavy (non-hydrogen) atoms. The number of carbonyl (C=O) groups excluding carboxylic acids is 2.